The molecule has 0 spiro atoms. The molecular weight excluding hydrogens is 266 g/mol. The fraction of sp³-hybridized carbons (Fsp3) is 0.273. The number of rotatable bonds is 5. The van der Waals surface area contributed by atoms with Gasteiger partial charge in [-0.1, -0.05) is 12.1 Å². The van der Waals surface area contributed by atoms with Crippen molar-refractivity contribution in [2.75, 3.05) is 0 Å². The first-order valence-electron chi connectivity index (χ1n) is 5.72. The van der Waals surface area contributed by atoms with E-state index in [9.17, 15) is 14.9 Å². The Labute approximate surface area is 113 Å². The second-order valence-electron chi connectivity index (χ2n) is 4.13. The van der Waals surface area contributed by atoms with Crippen LogP contribution >= 0.6 is 0 Å². The molecule has 0 aliphatic heterocycles. The number of carboxylic acids is 1. The van der Waals surface area contributed by atoms with E-state index in [0.717, 1.165) is 0 Å². The molecule has 0 atom stereocenters. The molecule has 9 heteroatoms. The van der Waals surface area contributed by atoms with Crippen LogP contribution in [0.15, 0.2) is 18.2 Å². The third-order valence-corrected chi connectivity index (χ3v) is 2.73. The first-order valence-corrected chi connectivity index (χ1v) is 5.72. The maximum Gasteiger partial charge on any atom is 0.305 e. The quantitative estimate of drug-likeness (QED) is 0.639. The predicted octanol–water partition coefficient (Wildman–Crippen LogP) is 1.03. The van der Waals surface area contributed by atoms with Crippen LogP contribution in [-0.2, 0) is 11.3 Å². The lowest BCUT2D eigenvalue weighted by Gasteiger charge is -2.04. The number of nitro groups is 1. The molecule has 1 aromatic heterocycles. The van der Waals surface area contributed by atoms with Gasteiger partial charge in [-0.25, -0.2) is 4.68 Å². The topological polar surface area (TPSA) is 124 Å². The van der Waals surface area contributed by atoms with E-state index in [1.54, 1.807) is 19.1 Å². The van der Waals surface area contributed by atoms with E-state index >= 15 is 0 Å². The van der Waals surface area contributed by atoms with E-state index in [-0.39, 0.29) is 18.7 Å². The molecule has 0 unspecified atom stereocenters. The summed E-state index contributed by atoms with van der Waals surface area (Å²) < 4.78 is 1.31. The average molecular weight is 277 g/mol. The van der Waals surface area contributed by atoms with Gasteiger partial charge in [-0.2, -0.15) is 0 Å². The van der Waals surface area contributed by atoms with Crippen LogP contribution in [0, 0.1) is 17.0 Å². The zero-order chi connectivity index (χ0) is 14.7. The minimum absolute atomic E-state index is 0.0321. The van der Waals surface area contributed by atoms with Crippen molar-refractivity contribution in [3.05, 3.63) is 33.9 Å². The zero-order valence-electron chi connectivity index (χ0n) is 10.6. The highest BCUT2D eigenvalue weighted by Gasteiger charge is 2.16. The Morgan fingerprint density at radius 1 is 1.50 bits per heavy atom. The number of benzene rings is 1. The summed E-state index contributed by atoms with van der Waals surface area (Å²) in [7, 11) is 0. The Hall–Kier alpha value is -2.84. The van der Waals surface area contributed by atoms with Gasteiger partial charge in [0.1, 0.15) is 0 Å². The number of carboxylic acid groups (broad SMARTS) is 1. The molecule has 0 aliphatic rings. The second kappa shape index (κ2) is 5.43. The third kappa shape index (κ3) is 2.76. The molecule has 1 N–H and O–H groups in total. The molecule has 0 aliphatic carbocycles. The number of aliphatic carboxylic acids is 1. The predicted molar refractivity (Wildman–Crippen MR) is 66.9 cm³/mol. The molecule has 0 fully saturated rings. The summed E-state index contributed by atoms with van der Waals surface area (Å²) in [5, 5.41) is 30.5. The van der Waals surface area contributed by atoms with Gasteiger partial charge >= 0.3 is 5.97 Å². The van der Waals surface area contributed by atoms with Crippen LogP contribution < -0.4 is 0 Å². The molecule has 9 nitrogen and oxygen atoms in total. The lowest BCUT2D eigenvalue weighted by atomic mass is 10.1. The maximum atomic E-state index is 10.9. The molecule has 0 saturated carbocycles. The summed E-state index contributed by atoms with van der Waals surface area (Å²) in [6, 6.07) is 4.63. The Balaban J connectivity index is 2.37. The summed E-state index contributed by atoms with van der Waals surface area (Å²) in [5.41, 5.74) is 0.969. The minimum Gasteiger partial charge on any atom is -0.481 e. The van der Waals surface area contributed by atoms with Crippen LogP contribution in [0.4, 0.5) is 5.69 Å². The number of hydrogen-bond donors (Lipinski definition) is 1. The number of aromatic nitrogens is 4. The van der Waals surface area contributed by atoms with Gasteiger partial charge in [0.2, 0.25) is 0 Å². The highest BCUT2D eigenvalue weighted by atomic mass is 16.6. The highest BCUT2D eigenvalue weighted by Crippen LogP contribution is 2.25. The molecular formula is C11H11N5O4. The lowest BCUT2D eigenvalue weighted by molar-refractivity contribution is -0.385. The molecule has 0 bridgehead atoms. The van der Waals surface area contributed by atoms with Crippen molar-refractivity contribution in [2.45, 2.75) is 19.9 Å². The lowest BCUT2D eigenvalue weighted by Crippen LogP contribution is -2.08. The van der Waals surface area contributed by atoms with Gasteiger partial charge in [0.25, 0.3) is 5.69 Å². The van der Waals surface area contributed by atoms with Gasteiger partial charge in [0.15, 0.2) is 5.82 Å². The number of nitrogens with zero attached hydrogens (tertiary/aromatic N) is 5. The van der Waals surface area contributed by atoms with Crippen molar-refractivity contribution in [1.29, 1.82) is 0 Å². The van der Waals surface area contributed by atoms with Crippen LogP contribution in [0.2, 0.25) is 0 Å². The molecule has 0 amide bonds. The van der Waals surface area contributed by atoms with Crippen LogP contribution in [0.1, 0.15) is 12.0 Å². The van der Waals surface area contributed by atoms with Crippen molar-refractivity contribution in [3.63, 3.8) is 0 Å². The van der Waals surface area contributed by atoms with Crippen LogP contribution in [-0.4, -0.2) is 36.2 Å². The summed E-state index contributed by atoms with van der Waals surface area (Å²) in [4.78, 5) is 21.0. The van der Waals surface area contributed by atoms with E-state index in [4.69, 9.17) is 5.11 Å². The largest absolute Gasteiger partial charge is 0.481 e. The number of tetrazole rings is 1. The molecule has 1 heterocycles. The number of carbonyl (C=O) groups is 1. The van der Waals surface area contributed by atoms with Gasteiger partial charge in [0, 0.05) is 17.2 Å². The Morgan fingerprint density at radius 3 is 2.90 bits per heavy atom. The van der Waals surface area contributed by atoms with Crippen molar-refractivity contribution in [1.82, 2.24) is 20.2 Å². The monoisotopic (exact) mass is 277 g/mol. The molecule has 104 valence electrons. The van der Waals surface area contributed by atoms with Gasteiger partial charge in [-0.15, -0.1) is 5.10 Å². The van der Waals surface area contributed by atoms with Gasteiger partial charge in [0.05, 0.1) is 17.9 Å². The van der Waals surface area contributed by atoms with E-state index in [1.165, 1.54) is 10.7 Å². The van der Waals surface area contributed by atoms with E-state index in [0.29, 0.717) is 17.0 Å². The van der Waals surface area contributed by atoms with Crippen LogP contribution in [0.25, 0.3) is 11.4 Å². The maximum absolute atomic E-state index is 10.9. The van der Waals surface area contributed by atoms with E-state index < -0.39 is 10.9 Å². The van der Waals surface area contributed by atoms with Crippen molar-refractivity contribution in [2.24, 2.45) is 0 Å². The molecule has 0 saturated heterocycles. The molecule has 1 aromatic carbocycles. The first-order chi connectivity index (χ1) is 9.49. The summed E-state index contributed by atoms with van der Waals surface area (Å²) in [6.07, 6.45) is -0.133. The zero-order valence-corrected chi connectivity index (χ0v) is 10.6. The summed E-state index contributed by atoms with van der Waals surface area (Å²) in [6.45, 7) is 1.73. The van der Waals surface area contributed by atoms with Crippen molar-refractivity contribution in [3.8, 4) is 11.4 Å². The number of nitro benzene ring substituents is 1. The van der Waals surface area contributed by atoms with E-state index in [2.05, 4.69) is 15.5 Å². The average Bonchev–Trinajstić information content (AvgIpc) is 2.85. The van der Waals surface area contributed by atoms with Gasteiger partial charge in [-0.05, 0) is 17.4 Å². The first kappa shape index (κ1) is 13.6. The fourth-order valence-corrected chi connectivity index (χ4v) is 1.71. The highest BCUT2D eigenvalue weighted by molar-refractivity contribution is 5.67. The SMILES string of the molecule is Cc1ccc(-c2nnnn2CCC(=O)O)cc1[N+](=O)[O-]. The standard InChI is InChI=1S/C11H11N5O4/c1-7-2-3-8(6-9(7)16(19)20)11-12-13-14-15(11)5-4-10(17)18/h2-3,6H,4-5H2,1H3,(H,17,18). The fourth-order valence-electron chi connectivity index (χ4n) is 1.71. The molecule has 20 heavy (non-hydrogen) atoms. The summed E-state index contributed by atoms with van der Waals surface area (Å²) in [5.74, 6) is -0.671. The van der Waals surface area contributed by atoms with Crippen molar-refractivity contribution >= 4 is 11.7 Å². The Morgan fingerprint density at radius 2 is 2.25 bits per heavy atom. The van der Waals surface area contributed by atoms with Crippen LogP contribution in [0.3, 0.4) is 0 Å². The summed E-state index contributed by atoms with van der Waals surface area (Å²) >= 11 is 0. The Bertz CT molecular complexity index is 667. The molecule has 2 aromatic rings. The Kier molecular flexibility index (Phi) is 3.69. The number of aryl methyl sites for hydroxylation is 2. The second-order valence-corrected chi connectivity index (χ2v) is 4.13. The molecule has 2 rings (SSSR count). The number of hydrogen-bond acceptors (Lipinski definition) is 6. The van der Waals surface area contributed by atoms with Gasteiger partial charge < -0.3 is 5.11 Å². The van der Waals surface area contributed by atoms with Gasteiger partial charge in [-0.3, -0.25) is 14.9 Å². The molecule has 0 radical (unpaired) electrons. The third-order valence-electron chi connectivity index (χ3n) is 2.73. The minimum atomic E-state index is -0.971. The smallest absolute Gasteiger partial charge is 0.305 e. The van der Waals surface area contributed by atoms with E-state index in [1.807, 2.05) is 0 Å². The normalized spacial score (nSPS) is 10.4. The van der Waals surface area contributed by atoms with Crippen LogP contribution in [0.5, 0.6) is 0 Å². The van der Waals surface area contributed by atoms with Crippen molar-refractivity contribution < 1.29 is 14.8 Å².